The van der Waals surface area contributed by atoms with Gasteiger partial charge in [0.1, 0.15) is 12.2 Å². The van der Waals surface area contributed by atoms with Crippen LogP contribution in [-0.2, 0) is 34.0 Å². The Morgan fingerprint density at radius 2 is 1.72 bits per heavy atom. The van der Waals surface area contributed by atoms with Crippen LogP contribution >= 0.6 is 0 Å². The third-order valence-corrected chi connectivity index (χ3v) is 8.05. The van der Waals surface area contributed by atoms with E-state index < -0.39 is 40.8 Å². The fourth-order valence-corrected chi connectivity index (χ4v) is 5.61. The average molecular weight is 731 g/mol. The van der Waals surface area contributed by atoms with Crippen LogP contribution in [0.15, 0.2) is 80.4 Å². The second-order valence-corrected chi connectivity index (χ2v) is 11.4. The summed E-state index contributed by atoms with van der Waals surface area (Å²) in [6.45, 7) is 3.23. The van der Waals surface area contributed by atoms with E-state index in [1.54, 1.807) is 12.1 Å². The monoisotopic (exact) mass is 730 g/mol. The third-order valence-electron chi connectivity index (χ3n) is 8.05. The number of fused-ring (bicyclic) bond motifs is 1. The van der Waals surface area contributed by atoms with Gasteiger partial charge in [0.05, 0.1) is 29.7 Å². The minimum atomic E-state index is -1.39. The van der Waals surface area contributed by atoms with Crippen LogP contribution in [0.1, 0.15) is 47.7 Å². The van der Waals surface area contributed by atoms with Gasteiger partial charge in [-0.1, -0.05) is 48.5 Å². The Labute approximate surface area is 297 Å². The van der Waals surface area contributed by atoms with Crippen molar-refractivity contribution in [3.05, 3.63) is 120 Å². The quantitative estimate of drug-likeness (QED) is 0.0777. The van der Waals surface area contributed by atoms with E-state index in [0.717, 1.165) is 22.3 Å². The summed E-state index contributed by atoms with van der Waals surface area (Å²) in [7, 11) is 0. The molecular weight excluding hydrogens is 700 g/mol. The van der Waals surface area contributed by atoms with Gasteiger partial charge in [-0.2, -0.15) is 10.2 Å². The summed E-state index contributed by atoms with van der Waals surface area (Å²) in [5.41, 5.74) is 4.94. The highest BCUT2D eigenvalue weighted by atomic mass is 17.0. The summed E-state index contributed by atoms with van der Waals surface area (Å²) in [5.74, 6) is -1.64. The first-order chi connectivity index (χ1) is 25.6. The summed E-state index contributed by atoms with van der Waals surface area (Å²) >= 11 is 0. The van der Waals surface area contributed by atoms with Gasteiger partial charge < -0.3 is 28.0 Å². The van der Waals surface area contributed by atoms with Crippen LogP contribution in [-0.4, -0.2) is 65.1 Å². The molecule has 20 nitrogen and oxygen atoms in total. The SMILES string of the molecule is CCOc1nc2ccc(C(=O)OCc3oc(=O)oc3CCC(O[N+](=O)[O-])C(C)O[N+](=O)[O-])cc2n1Cc1ccc(-c2ccccc2-c2nn[nH]n2)cc1. The van der Waals surface area contributed by atoms with Gasteiger partial charge in [-0.05, 0) is 60.4 Å². The number of benzene rings is 3. The first kappa shape index (κ1) is 35.7. The molecule has 6 rings (SSSR count). The van der Waals surface area contributed by atoms with Crippen molar-refractivity contribution in [3.8, 4) is 28.5 Å². The first-order valence-corrected chi connectivity index (χ1v) is 16.1. The molecule has 6 aromatic rings. The predicted molar refractivity (Wildman–Crippen MR) is 179 cm³/mol. The van der Waals surface area contributed by atoms with Crippen LogP contribution in [0.4, 0.5) is 0 Å². The normalized spacial score (nSPS) is 12.3. The lowest BCUT2D eigenvalue weighted by Gasteiger charge is -2.19. The molecule has 3 aromatic heterocycles. The fourth-order valence-electron chi connectivity index (χ4n) is 5.61. The highest BCUT2D eigenvalue weighted by Crippen LogP contribution is 2.31. The number of esters is 1. The van der Waals surface area contributed by atoms with E-state index in [-0.39, 0.29) is 29.9 Å². The van der Waals surface area contributed by atoms with E-state index in [4.69, 9.17) is 18.3 Å². The molecule has 53 heavy (non-hydrogen) atoms. The molecule has 0 fully saturated rings. The lowest BCUT2D eigenvalue weighted by atomic mass is 9.98. The number of tetrazole rings is 1. The number of imidazole rings is 1. The highest BCUT2D eigenvalue weighted by Gasteiger charge is 2.27. The fraction of sp³-hybridized carbons (Fsp3) is 0.273. The lowest BCUT2D eigenvalue weighted by molar-refractivity contribution is -0.798. The maximum absolute atomic E-state index is 13.2. The van der Waals surface area contributed by atoms with Gasteiger partial charge in [-0.15, -0.1) is 30.4 Å². The lowest BCUT2D eigenvalue weighted by Crippen LogP contribution is -2.33. The summed E-state index contributed by atoms with van der Waals surface area (Å²) in [5, 5.41) is 33.8. The standard InChI is InChI=1S/C33H30N8O12/c1-3-48-32-34-25-13-12-22(31(42)49-18-29-28(50-33(43)51-29)15-14-27(53-41(46)47)19(2)52-40(44)45)16-26(25)39(32)17-20-8-10-21(11-9-20)23-6-4-5-7-24(23)30-35-37-38-36-30/h4-13,16,19,27H,3,14-15,17-18H2,1-2H3,(H,35,36,37,38). The van der Waals surface area contributed by atoms with E-state index in [2.05, 4.69) is 35.3 Å². The third kappa shape index (κ3) is 8.44. The van der Waals surface area contributed by atoms with Crippen molar-refractivity contribution in [2.45, 2.75) is 52.0 Å². The number of ether oxygens (including phenoxy) is 2. The molecule has 0 aliphatic carbocycles. The zero-order chi connectivity index (χ0) is 37.5. The summed E-state index contributed by atoms with van der Waals surface area (Å²) < 4.78 is 23.2. The Morgan fingerprint density at radius 1 is 0.981 bits per heavy atom. The van der Waals surface area contributed by atoms with Crippen LogP contribution in [0.3, 0.4) is 0 Å². The Balaban J connectivity index is 1.18. The average Bonchev–Trinajstić information content (AvgIpc) is 3.88. The number of hydrogen-bond acceptors (Lipinski definition) is 16. The van der Waals surface area contributed by atoms with E-state index in [1.807, 2.05) is 60.0 Å². The molecule has 3 aromatic carbocycles. The Kier molecular flexibility index (Phi) is 10.7. The largest absolute Gasteiger partial charge is 0.519 e. The van der Waals surface area contributed by atoms with Crippen molar-refractivity contribution in [2.24, 2.45) is 0 Å². The Bertz CT molecular complexity index is 2280. The molecule has 274 valence electrons. The van der Waals surface area contributed by atoms with Crippen molar-refractivity contribution < 1.29 is 43.0 Å². The molecule has 0 bridgehead atoms. The Hall–Kier alpha value is -7.12. The van der Waals surface area contributed by atoms with Crippen molar-refractivity contribution in [3.63, 3.8) is 0 Å². The maximum atomic E-state index is 13.2. The minimum Gasteiger partial charge on any atom is -0.465 e. The summed E-state index contributed by atoms with van der Waals surface area (Å²) in [4.78, 5) is 60.3. The second kappa shape index (κ2) is 15.8. The smallest absolute Gasteiger partial charge is 0.465 e. The van der Waals surface area contributed by atoms with Gasteiger partial charge in [0.2, 0.25) is 5.82 Å². The topological polar surface area (TPSA) is 256 Å². The molecule has 0 radical (unpaired) electrons. The van der Waals surface area contributed by atoms with Crippen LogP contribution in [0.5, 0.6) is 6.01 Å². The first-order valence-electron chi connectivity index (χ1n) is 16.1. The molecule has 2 unspecified atom stereocenters. The van der Waals surface area contributed by atoms with Crippen LogP contribution in [0.2, 0.25) is 0 Å². The molecule has 1 N–H and O–H groups in total. The number of nitrogens with one attached hydrogen (secondary N) is 1. The number of aromatic nitrogens is 6. The van der Waals surface area contributed by atoms with E-state index in [9.17, 15) is 29.8 Å². The molecule has 2 atom stereocenters. The molecule has 20 heteroatoms. The molecule has 0 aliphatic rings. The van der Waals surface area contributed by atoms with Crippen LogP contribution in [0.25, 0.3) is 33.5 Å². The van der Waals surface area contributed by atoms with Gasteiger partial charge in [0, 0.05) is 12.0 Å². The van der Waals surface area contributed by atoms with Gasteiger partial charge in [0.15, 0.2) is 18.1 Å². The zero-order valence-corrected chi connectivity index (χ0v) is 28.1. The number of carbonyl (C=O) groups excluding carboxylic acids is 1. The molecule has 0 saturated carbocycles. The number of aryl methyl sites for hydroxylation is 1. The van der Waals surface area contributed by atoms with Gasteiger partial charge in [0.25, 0.3) is 16.2 Å². The van der Waals surface area contributed by atoms with Crippen molar-refractivity contribution >= 4 is 17.0 Å². The number of rotatable bonds is 17. The number of hydrogen-bond donors (Lipinski definition) is 1. The molecule has 0 amide bonds. The molecular formula is C33H30N8O12. The van der Waals surface area contributed by atoms with Crippen LogP contribution in [0, 0.1) is 20.2 Å². The van der Waals surface area contributed by atoms with E-state index in [1.165, 1.54) is 13.0 Å². The molecule has 3 heterocycles. The number of nitrogens with zero attached hydrogens (tertiary/aromatic N) is 7. The van der Waals surface area contributed by atoms with Crippen molar-refractivity contribution in [1.82, 2.24) is 30.2 Å². The van der Waals surface area contributed by atoms with Crippen molar-refractivity contribution in [1.29, 1.82) is 0 Å². The predicted octanol–water partition coefficient (Wildman–Crippen LogP) is 4.34. The van der Waals surface area contributed by atoms with Gasteiger partial charge in [-0.25, -0.2) is 9.59 Å². The van der Waals surface area contributed by atoms with Crippen molar-refractivity contribution in [2.75, 3.05) is 6.61 Å². The summed E-state index contributed by atoms with van der Waals surface area (Å²) in [6.07, 6.45) is -3.15. The van der Waals surface area contributed by atoms with Gasteiger partial charge in [-0.3, -0.25) is 4.57 Å². The van der Waals surface area contributed by atoms with E-state index >= 15 is 0 Å². The Morgan fingerprint density at radius 3 is 2.42 bits per heavy atom. The van der Waals surface area contributed by atoms with E-state index in [0.29, 0.717) is 36.0 Å². The number of aromatic amines is 1. The zero-order valence-electron chi connectivity index (χ0n) is 28.1. The molecule has 0 aliphatic heterocycles. The molecule has 0 spiro atoms. The number of carbonyl (C=O) groups is 1. The summed E-state index contributed by atoms with van der Waals surface area (Å²) in [6, 6.07) is 20.8. The minimum absolute atomic E-state index is 0.0905. The van der Waals surface area contributed by atoms with Crippen LogP contribution < -0.4 is 10.6 Å². The van der Waals surface area contributed by atoms with Gasteiger partial charge >= 0.3 is 11.8 Å². The maximum Gasteiger partial charge on any atom is 0.519 e. The number of H-pyrrole nitrogens is 1. The molecule has 0 saturated heterocycles. The highest BCUT2D eigenvalue weighted by molar-refractivity contribution is 5.94. The second-order valence-electron chi connectivity index (χ2n) is 11.4.